The van der Waals surface area contributed by atoms with E-state index < -0.39 is 5.91 Å². The van der Waals surface area contributed by atoms with Gasteiger partial charge >= 0.3 is 0 Å². The Bertz CT molecular complexity index is 591. The molecule has 0 rings (SSSR count). The number of hydrogen-bond acceptors (Lipinski definition) is 4. The third-order valence-electron chi connectivity index (χ3n) is 2.93. The van der Waals surface area contributed by atoms with Gasteiger partial charge < -0.3 is 10.2 Å². The van der Waals surface area contributed by atoms with E-state index in [2.05, 4.69) is 25.1 Å². The average molecular weight is 411 g/mol. The van der Waals surface area contributed by atoms with Gasteiger partial charge in [0.25, 0.3) is 5.91 Å². The summed E-state index contributed by atoms with van der Waals surface area (Å²) >= 11 is 0.0108. The van der Waals surface area contributed by atoms with Crippen LogP contribution in [0.1, 0.15) is 27.7 Å². The van der Waals surface area contributed by atoms with Gasteiger partial charge in [0, 0.05) is 22.6 Å². The molecule has 0 bridgehead atoms. The van der Waals surface area contributed by atoms with Crippen LogP contribution in [0.25, 0.3) is 0 Å². The zero-order valence-corrected chi connectivity index (χ0v) is 18.9. The van der Waals surface area contributed by atoms with Crippen molar-refractivity contribution in [3.05, 3.63) is 72.2 Å². The summed E-state index contributed by atoms with van der Waals surface area (Å²) in [6.07, 6.45) is 9.79. The van der Waals surface area contributed by atoms with Crippen molar-refractivity contribution in [2.75, 3.05) is 27.2 Å². The Kier molecular flexibility index (Phi) is 23.0. The minimum Gasteiger partial charge on any atom is -0.345 e. The lowest BCUT2D eigenvalue weighted by molar-refractivity contribution is -0.121. The highest BCUT2D eigenvalue weighted by atomic mass is 32.2. The lowest BCUT2D eigenvalue weighted by atomic mass is 10.1. The highest BCUT2D eigenvalue weighted by molar-refractivity contribution is 7.98. The molecule has 0 radical (unpaired) electrons. The summed E-state index contributed by atoms with van der Waals surface area (Å²) in [5.41, 5.74) is 0.875. The molecule has 6 heteroatoms. The fraction of sp³-hybridized carbons (Fsp3) is 0.364. The topological polar surface area (TPSA) is 49.4 Å². The molecule has 0 aromatic heterocycles. The maximum absolute atomic E-state index is 12.3. The molecule has 0 heterocycles. The molecule has 4 nitrogen and oxygen atoms in total. The smallest absolute Gasteiger partial charge is 0.251 e. The highest BCUT2D eigenvalue weighted by Gasteiger charge is 2.10. The first kappa shape index (κ1) is 30.5. The van der Waals surface area contributed by atoms with Gasteiger partial charge in [0.1, 0.15) is 0 Å². The van der Waals surface area contributed by atoms with Gasteiger partial charge in [-0.2, -0.15) is 3.89 Å². The standard InChI is InChI=1S/C18H25FN2O2S.C2H6.C2H4/c1-6-15(9-8-12-21(4)5)17(22)13-20-18(23)16(7-2)11-10-14(3)24-19;2*1-2/h6-11H,3,12-13H2,1-2,4-5H3,(H,20,23);1-2H3;1-2H2/b9-8-,11-10-,15-6+,16-7+;;. The van der Waals surface area contributed by atoms with E-state index in [1.807, 2.05) is 38.9 Å². The van der Waals surface area contributed by atoms with Crippen LogP contribution in [0.15, 0.2) is 72.2 Å². The Morgan fingerprint density at radius 1 is 1.04 bits per heavy atom. The predicted molar refractivity (Wildman–Crippen MR) is 123 cm³/mol. The average Bonchev–Trinajstić information content (AvgIpc) is 2.72. The van der Waals surface area contributed by atoms with Crippen molar-refractivity contribution in [2.45, 2.75) is 27.7 Å². The van der Waals surface area contributed by atoms with E-state index >= 15 is 0 Å². The number of hydrogen-bond donors (Lipinski definition) is 1. The second kappa shape index (κ2) is 21.1. The Balaban J connectivity index is -0.00000146. The van der Waals surface area contributed by atoms with E-state index in [0.717, 1.165) is 6.54 Å². The zero-order chi connectivity index (χ0) is 22.5. The van der Waals surface area contributed by atoms with Gasteiger partial charge in [-0.1, -0.05) is 44.7 Å². The summed E-state index contributed by atoms with van der Waals surface area (Å²) in [5, 5.41) is 2.57. The van der Waals surface area contributed by atoms with Gasteiger partial charge in [-0.3, -0.25) is 9.59 Å². The number of halogens is 1. The normalized spacial score (nSPS) is 11.6. The van der Waals surface area contributed by atoms with Crippen LogP contribution in [0.5, 0.6) is 0 Å². The first-order valence-corrected chi connectivity index (χ1v) is 9.68. The lowest BCUT2D eigenvalue weighted by Gasteiger charge is -2.07. The Hall–Kier alpha value is -2.18. The van der Waals surface area contributed by atoms with E-state index in [4.69, 9.17) is 0 Å². The predicted octanol–water partition coefficient (Wildman–Crippen LogP) is 5.20. The van der Waals surface area contributed by atoms with Gasteiger partial charge in [-0.25, -0.2) is 0 Å². The van der Waals surface area contributed by atoms with Crippen molar-refractivity contribution < 1.29 is 13.5 Å². The molecule has 1 N–H and O–H groups in total. The number of ketones is 1. The maximum Gasteiger partial charge on any atom is 0.251 e. The summed E-state index contributed by atoms with van der Waals surface area (Å²) in [4.78, 5) is 26.3. The molecule has 0 atom stereocenters. The molecule has 1 amide bonds. The molecule has 0 saturated carbocycles. The number of allylic oxidation sites excluding steroid dienone is 4. The number of nitrogens with one attached hydrogen (secondary N) is 1. The first-order valence-electron chi connectivity index (χ1n) is 8.96. The largest absolute Gasteiger partial charge is 0.345 e. The van der Waals surface area contributed by atoms with Crippen LogP contribution in [-0.4, -0.2) is 43.8 Å². The van der Waals surface area contributed by atoms with Crippen LogP contribution >= 0.6 is 12.1 Å². The molecular weight excluding hydrogens is 375 g/mol. The second-order valence-corrected chi connectivity index (χ2v) is 5.81. The quantitative estimate of drug-likeness (QED) is 0.306. The van der Waals surface area contributed by atoms with Crippen molar-refractivity contribution in [1.29, 1.82) is 0 Å². The number of nitrogens with zero attached hydrogens (tertiary/aromatic N) is 1. The van der Waals surface area contributed by atoms with Crippen LogP contribution in [0.4, 0.5) is 3.89 Å². The van der Waals surface area contributed by atoms with Crippen LogP contribution in [0.3, 0.4) is 0 Å². The molecule has 158 valence electrons. The monoisotopic (exact) mass is 410 g/mol. The lowest BCUT2D eigenvalue weighted by Crippen LogP contribution is -2.30. The Morgan fingerprint density at radius 2 is 1.57 bits per heavy atom. The number of carbonyl (C=O) groups is 2. The molecule has 0 spiro atoms. The van der Waals surface area contributed by atoms with Gasteiger partial charge in [0.2, 0.25) is 0 Å². The molecular formula is C22H35FN2O2S. The van der Waals surface area contributed by atoms with Gasteiger partial charge in [0.15, 0.2) is 5.78 Å². The molecule has 0 fully saturated rings. The summed E-state index contributed by atoms with van der Waals surface area (Å²) < 4.78 is 12.3. The molecule has 0 aromatic carbocycles. The number of Topliss-reactive ketones (excluding diaryl/α,β-unsaturated/α-hetero) is 1. The highest BCUT2D eigenvalue weighted by Crippen LogP contribution is 2.15. The van der Waals surface area contributed by atoms with E-state index in [-0.39, 0.29) is 29.4 Å². The maximum atomic E-state index is 12.3. The summed E-state index contributed by atoms with van der Waals surface area (Å²) in [7, 11) is 3.87. The minimum absolute atomic E-state index is 0.0108. The van der Waals surface area contributed by atoms with Gasteiger partial charge in [-0.15, -0.1) is 13.2 Å². The molecule has 0 saturated heterocycles. The molecule has 0 aliphatic heterocycles. The van der Waals surface area contributed by atoms with Crippen LogP contribution < -0.4 is 5.32 Å². The Morgan fingerprint density at radius 3 is 2.00 bits per heavy atom. The zero-order valence-electron chi connectivity index (χ0n) is 18.0. The number of carbonyl (C=O) groups excluding carboxylic acids is 2. The molecule has 0 aliphatic carbocycles. The summed E-state index contributed by atoms with van der Waals surface area (Å²) in [6, 6.07) is 0. The van der Waals surface area contributed by atoms with Crippen LogP contribution in [-0.2, 0) is 9.59 Å². The number of amides is 1. The van der Waals surface area contributed by atoms with E-state index in [0.29, 0.717) is 11.1 Å². The Labute approximate surface area is 174 Å². The van der Waals surface area contributed by atoms with E-state index in [1.165, 1.54) is 12.2 Å². The van der Waals surface area contributed by atoms with Gasteiger partial charge in [0.05, 0.1) is 18.7 Å². The van der Waals surface area contributed by atoms with Crippen molar-refractivity contribution in [3.63, 3.8) is 0 Å². The van der Waals surface area contributed by atoms with Gasteiger partial charge in [-0.05, 0) is 40.1 Å². The molecule has 28 heavy (non-hydrogen) atoms. The van der Waals surface area contributed by atoms with E-state index in [9.17, 15) is 13.5 Å². The third-order valence-corrected chi connectivity index (χ3v) is 3.27. The summed E-state index contributed by atoms with van der Waals surface area (Å²) in [5.74, 6) is -0.574. The second-order valence-electron chi connectivity index (χ2n) is 5.14. The van der Waals surface area contributed by atoms with Crippen molar-refractivity contribution in [1.82, 2.24) is 10.2 Å². The molecule has 0 aromatic rings. The number of likely N-dealkylation sites (N-methyl/N-ethyl adjacent to an activating group) is 1. The fourth-order valence-corrected chi connectivity index (χ4v) is 1.74. The van der Waals surface area contributed by atoms with Crippen molar-refractivity contribution >= 4 is 23.8 Å². The van der Waals surface area contributed by atoms with Crippen molar-refractivity contribution in [3.8, 4) is 0 Å². The third kappa shape index (κ3) is 16.0. The van der Waals surface area contributed by atoms with Crippen molar-refractivity contribution in [2.24, 2.45) is 0 Å². The fourth-order valence-electron chi connectivity index (χ4n) is 1.62. The SMILES string of the molecule is C=C.C=C(/C=C\C(=C/C)C(=O)NCC(=O)C(/C=C\CN(C)C)=C/C)SF.CC. The van der Waals surface area contributed by atoms with Crippen LogP contribution in [0, 0.1) is 0 Å². The van der Waals surface area contributed by atoms with Crippen LogP contribution in [0.2, 0.25) is 0 Å². The minimum atomic E-state index is -0.397. The number of rotatable bonds is 10. The summed E-state index contributed by atoms with van der Waals surface area (Å²) in [6.45, 7) is 17.5. The molecule has 0 unspecified atom stereocenters. The molecule has 0 aliphatic rings. The van der Waals surface area contributed by atoms with E-state index in [1.54, 1.807) is 32.1 Å². The first-order chi connectivity index (χ1) is 13.3.